The van der Waals surface area contributed by atoms with Gasteiger partial charge in [0.1, 0.15) is 0 Å². The monoisotopic (exact) mass is 192 g/mol. The van der Waals surface area contributed by atoms with E-state index in [0.717, 1.165) is 0 Å². The molecule has 1 nitrogen and oxygen atoms in total. The van der Waals surface area contributed by atoms with Crippen LogP contribution in [0.25, 0.3) is 0 Å². The summed E-state index contributed by atoms with van der Waals surface area (Å²) >= 11 is 5.35. The second kappa shape index (κ2) is 3.72. The Labute approximate surface area is 73.9 Å². The van der Waals surface area contributed by atoms with Crippen molar-refractivity contribution in [1.29, 1.82) is 0 Å². The van der Waals surface area contributed by atoms with Crippen LogP contribution in [-0.2, 0) is 5.88 Å². The molecule has 66 valence electrons. The molecule has 0 spiro atoms. The first-order valence-corrected chi connectivity index (χ1v) is 3.81. The van der Waals surface area contributed by atoms with Crippen molar-refractivity contribution in [1.82, 2.24) is 0 Å². The molecule has 1 rings (SSSR count). The summed E-state index contributed by atoms with van der Waals surface area (Å²) in [6.07, 6.45) is 0. The van der Waals surface area contributed by atoms with Crippen LogP contribution in [0.5, 0.6) is 5.75 Å². The second-order valence-corrected chi connectivity index (χ2v) is 2.46. The van der Waals surface area contributed by atoms with Gasteiger partial charge in [-0.25, -0.2) is 4.39 Å². The van der Waals surface area contributed by atoms with Crippen LogP contribution in [0, 0.1) is 11.6 Å². The van der Waals surface area contributed by atoms with Crippen molar-refractivity contribution in [3.63, 3.8) is 0 Å². The topological polar surface area (TPSA) is 9.23 Å². The molecule has 0 saturated heterocycles. The summed E-state index contributed by atoms with van der Waals surface area (Å²) in [7, 11) is 1.28. The third-order valence-corrected chi connectivity index (χ3v) is 1.78. The predicted octanol–water partition coefficient (Wildman–Crippen LogP) is 2.71. The molecule has 0 aliphatic heterocycles. The van der Waals surface area contributed by atoms with Gasteiger partial charge in [-0.05, 0) is 6.07 Å². The molecule has 0 N–H and O–H groups in total. The highest BCUT2D eigenvalue weighted by Crippen LogP contribution is 2.22. The van der Waals surface area contributed by atoms with E-state index in [0.29, 0.717) is 0 Å². The molecule has 1 aromatic rings. The van der Waals surface area contributed by atoms with E-state index in [1.807, 2.05) is 0 Å². The normalized spacial score (nSPS) is 10.0. The molecule has 4 heteroatoms. The predicted molar refractivity (Wildman–Crippen MR) is 42.5 cm³/mol. The van der Waals surface area contributed by atoms with E-state index in [4.69, 9.17) is 11.6 Å². The molecule has 0 unspecified atom stereocenters. The minimum atomic E-state index is -0.990. The van der Waals surface area contributed by atoms with Gasteiger partial charge < -0.3 is 4.74 Å². The van der Waals surface area contributed by atoms with Crippen molar-refractivity contribution in [2.45, 2.75) is 5.88 Å². The van der Waals surface area contributed by atoms with E-state index in [1.165, 1.54) is 19.2 Å². The van der Waals surface area contributed by atoms with Crippen LogP contribution >= 0.6 is 11.6 Å². The van der Waals surface area contributed by atoms with Crippen molar-refractivity contribution in [2.24, 2.45) is 0 Å². The summed E-state index contributed by atoms with van der Waals surface area (Å²) < 4.78 is 30.4. The third-order valence-electron chi connectivity index (χ3n) is 1.49. The molecule has 1 aromatic carbocycles. The molecule has 0 atom stereocenters. The second-order valence-electron chi connectivity index (χ2n) is 2.19. The summed E-state index contributed by atoms with van der Waals surface area (Å²) in [5.41, 5.74) is 0.134. The van der Waals surface area contributed by atoms with Crippen molar-refractivity contribution < 1.29 is 13.5 Å². The van der Waals surface area contributed by atoms with Gasteiger partial charge in [-0.1, -0.05) is 6.07 Å². The number of halogens is 3. The maximum atomic E-state index is 12.9. The van der Waals surface area contributed by atoms with Crippen LogP contribution in [0.15, 0.2) is 12.1 Å². The maximum absolute atomic E-state index is 12.9. The van der Waals surface area contributed by atoms with Gasteiger partial charge in [0.15, 0.2) is 11.6 Å². The smallest absolute Gasteiger partial charge is 0.200 e. The Hall–Kier alpha value is -0.830. The largest absolute Gasteiger partial charge is 0.494 e. The Balaban J connectivity index is 3.20. The van der Waals surface area contributed by atoms with Gasteiger partial charge in [0.2, 0.25) is 5.82 Å². The highest BCUT2D eigenvalue weighted by molar-refractivity contribution is 6.17. The van der Waals surface area contributed by atoms with E-state index in [1.54, 1.807) is 0 Å². The number of ether oxygens (including phenoxy) is 1. The Morgan fingerprint density at radius 1 is 1.33 bits per heavy atom. The molecule has 0 aliphatic rings. The Morgan fingerprint density at radius 3 is 2.50 bits per heavy atom. The summed E-state index contributed by atoms with van der Waals surface area (Å²) in [6.45, 7) is 0. The minimum absolute atomic E-state index is 0.0489. The van der Waals surface area contributed by atoms with Gasteiger partial charge in [-0.15, -0.1) is 11.6 Å². The summed E-state index contributed by atoms with van der Waals surface area (Å²) in [4.78, 5) is 0. The van der Waals surface area contributed by atoms with Crippen molar-refractivity contribution in [3.05, 3.63) is 29.3 Å². The van der Waals surface area contributed by atoms with Gasteiger partial charge in [-0.3, -0.25) is 0 Å². The summed E-state index contributed by atoms with van der Waals surface area (Å²) in [6, 6.07) is 2.74. The van der Waals surface area contributed by atoms with Crippen molar-refractivity contribution >= 4 is 11.6 Å². The maximum Gasteiger partial charge on any atom is 0.200 e. The fourth-order valence-electron chi connectivity index (χ4n) is 0.833. The summed E-state index contributed by atoms with van der Waals surface area (Å²) in [5.74, 6) is -2.09. The molecule has 0 saturated carbocycles. The van der Waals surface area contributed by atoms with Crippen LogP contribution in [-0.4, -0.2) is 7.11 Å². The van der Waals surface area contributed by atoms with Crippen LogP contribution in [0.2, 0.25) is 0 Å². The lowest BCUT2D eigenvalue weighted by molar-refractivity contribution is 0.370. The Morgan fingerprint density at radius 2 is 2.00 bits per heavy atom. The van der Waals surface area contributed by atoms with E-state index in [2.05, 4.69) is 4.74 Å². The zero-order chi connectivity index (χ0) is 9.14. The first-order valence-electron chi connectivity index (χ1n) is 3.27. The van der Waals surface area contributed by atoms with E-state index in [-0.39, 0.29) is 17.2 Å². The van der Waals surface area contributed by atoms with Gasteiger partial charge in [-0.2, -0.15) is 4.39 Å². The summed E-state index contributed by atoms with van der Waals surface area (Å²) in [5, 5.41) is 0. The van der Waals surface area contributed by atoms with Crippen LogP contribution in [0.3, 0.4) is 0 Å². The molecule has 0 amide bonds. The first kappa shape index (κ1) is 9.26. The molecule has 0 bridgehead atoms. The fraction of sp³-hybridized carbons (Fsp3) is 0.250. The Kier molecular flexibility index (Phi) is 2.87. The minimum Gasteiger partial charge on any atom is -0.494 e. The average Bonchev–Trinajstić information content (AvgIpc) is 2.10. The number of methoxy groups -OCH3 is 1. The lowest BCUT2D eigenvalue weighted by Gasteiger charge is -2.04. The number of hydrogen-bond acceptors (Lipinski definition) is 1. The van der Waals surface area contributed by atoms with E-state index < -0.39 is 11.6 Å². The lowest BCUT2D eigenvalue weighted by atomic mass is 10.2. The number of rotatable bonds is 2. The van der Waals surface area contributed by atoms with Crippen molar-refractivity contribution in [2.75, 3.05) is 7.11 Å². The Bertz CT molecular complexity index is 260. The van der Waals surface area contributed by atoms with Gasteiger partial charge in [0.05, 0.1) is 13.0 Å². The van der Waals surface area contributed by atoms with Gasteiger partial charge in [0.25, 0.3) is 0 Å². The van der Waals surface area contributed by atoms with Crippen molar-refractivity contribution in [3.8, 4) is 5.75 Å². The molecule has 0 heterocycles. The van der Waals surface area contributed by atoms with Crippen LogP contribution in [0.1, 0.15) is 5.56 Å². The van der Waals surface area contributed by atoms with E-state index >= 15 is 0 Å². The average molecular weight is 193 g/mol. The van der Waals surface area contributed by atoms with E-state index in [9.17, 15) is 8.78 Å². The fourth-order valence-corrected chi connectivity index (χ4v) is 1.04. The van der Waals surface area contributed by atoms with Crippen LogP contribution in [0.4, 0.5) is 8.78 Å². The lowest BCUT2D eigenvalue weighted by Crippen LogP contribution is -1.95. The molecule has 0 aromatic heterocycles. The number of benzene rings is 1. The molecular formula is C8H7ClF2O. The zero-order valence-electron chi connectivity index (χ0n) is 6.40. The third kappa shape index (κ3) is 1.50. The molecule has 12 heavy (non-hydrogen) atoms. The quantitative estimate of drug-likeness (QED) is 0.655. The molecular weight excluding hydrogens is 186 g/mol. The van der Waals surface area contributed by atoms with Crippen LogP contribution < -0.4 is 4.74 Å². The molecule has 0 aliphatic carbocycles. The molecule has 0 fully saturated rings. The molecule has 0 radical (unpaired) electrons. The SMILES string of the molecule is COc1ccc(CCl)c(F)c1F. The van der Waals surface area contributed by atoms with Gasteiger partial charge >= 0.3 is 0 Å². The number of hydrogen-bond donors (Lipinski definition) is 0. The highest BCUT2D eigenvalue weighted by Gasteiger charge is 2.12. The number of alkyl halides is 1. The standard InChI is InChI=1S/C8H7ClF2O/c1-12-6-3-2-5(4-9)7(10)8(6)11/h2-3H,4H2,1H3. The zero-order valence-corrected chi connectivity index (χ0v) is 7.16. The van der Waals surface area contributed by atoms with Gasteiger partial charge in [0, 0.05) is 5.56 Å². The highest BCUT2D eigenvalue weighted by atomic mass is 35.5. The first-order chi connectivity index (χ1) is 5.70.